The zero-order valence-electron chi connectivity index (χ0n) is 10.7. The summed E-state index contributed by atoms with van der Waals surface area (Å²) in [5.41, 5.74) is 3.90. The highest BCUT2D eigenvalue weighted by Gasteiger charge is 2.06. The first kappa shape index (κ1) is 13.8. The van der Waals surface area contributed by atoms with Crippen molar-refractivity contribution in [1.82, 2.24) is 5.32 Å². The lowest BCUT2D eigenvalue weighted by atomic mass is 10.0. The van der Waals surface area contributed by atoms with Crippen LogP contribution in [0.15, 0.2) is 39.5 Å². The van der Waals surface area contributed by atoms with E-state index in [0.717, 1.165) is 6.54 Å². The van der Waals surface area contributed by atoms with Gasteiger partial charge in [0.25, 0.3) is 0 Å². The Kier molecular flexibility index (Phi) is 4.98. The SMILES string of the molecule is CCCNC(C)c1ccc(-c2cscc2Br)cc1. The van der Waals surface area contributed by atoms with Gasteiger partial charge in [0.05, 0.1) is 0 Å². The summed E-state index contributed by atoms with van der Waals surface area (Å²) in [6.45, 7) is 5.47. The van der Waals surface area contributed by atoms with Gasteiger partial charge in [-0.3, -0.25) is 0 Å². The fourth-order valence-electron chi connectivity index (χ4n) is 1.92. The maximum absolute atomic E-state index is 3.58. The van der Waals surface area contributed by atoms with Crippen molar-refractivity contribution < 1.29 is 0 Å². The quantitative estimate of drug-likeness (QED) is 0.793. The van der Waals surface area contributed by atoms with E-state index in [0.29, 0.717) is 6.04 Å². The molecule has 1 nitrogen and oxygen atoms in total. The first-order valence-electron chi connectivity index (χ1n) is 6.27. The summed E-state index contributed by atoms with van der Waals surface area (Å²) in [4.78, 5) is 0. The van der Waals surface area contributed by atoms with Gasteiger partial charge in [0, 0.05) is 21.5 Å². The zero-order valence-corrected chi connectivity index (χ0v) is 13.1. The Morgan fingerprint density at radius 1 is 1.22 bits per heavy atom. The molecule has 1 unspecified atom stereocenters. The van der Waals surface area contributed by atoms with Crippen molar-refractivity contribution in [2.24, 2.45) is 0 Å². The minimum Gasteiger partial charge on any atom is -0.310 e. The number of hydrogen-bond acceptors (Lipinski definition) is 2. The van der Waals surface area contributed by atoms with Crippen LogP contribution in [0.1, 0.15) is 31.9 Å². The molecule has 0 amide bonds. The van der Waals surface area contributed by atoms with E-state index in [1.54, 1.807) is 11.3 Å². The lowest BCUT2D eigenvalue weighted by Gasteiger charge is -2.14. The fraction of sp³-hybridized carbons (Fsp3) is 0.333. The minimum atomic E-state index is 0.421. The van der Waals surface area contributed by atoms with Crippen molar-refractivity contribution in [2.45, 2.75) is 26.3 Å². The van der Waals surface area contributed by atoms with E-state index in [9.17, 15) is 0 Å². The van der Waals surface area contributed by atoms with Gasteiger partial charge in [0.15, 0.2) is 0 Å². The number of hydrogen-bond donors (Lipinski definition) is 1. The van der Waals surface area contributed by atoms with Crippen LogP contribution in [0.2, 0.25) is 0 Å². The van der Waals surface area contributed by atoms with Crippen molar-refractivity contribution in [1.29, 1.82) is 0 Å². The van der Waals surface area contributed by atoms with Crippen LogP contribution in [-0.4, -0.2) is 6.54 Å². The molecule has 3 heteroatoms. The van der Waals surface area contributed by atoms with Crippen LogP contribution in [0.4, 0.5) is 0 Å². The van der Waals surface area contributed by atoms with E-state index in [-0.39, 0.29) is 0 Å². The smallest absolute Gasteiger partial charge is 0.0360 e. The summed E-state index contributed by atoms with van der Waals surface area (Å²) in [5, 5.41) is 7.81. The molecule has 0 aliphatic heterocycles. The average Bonchev–Trinajstić information content (AvgIpc) is 2.82. The fourth-order valence-corrected chi connectivity index (χ4v) is 3.45. The molecule has 96 valence electrons. The Morgan fingerprint density at radius 3 is 2.50 bits per heavy atom. The number of thiophene rings is 1. The number of halogens is 1. The van der Waals surface area contributed by atoms with Gasteiger partial charge in [-0.2, -0.15) is 11.3 Å². The summed E-state index contributed by atoms with van der Waals surface area (Å²) in [7, 11) is 0. The molecule has 0 saturated heterocycles. The topological polar surface area (TPSA) is 12.0 Å². The molecule has 1 heterocycles. The Balaban J connectivity index is 2.13. The second-order valence-electron chi connectivity index (χ2n) is 4.43. The molecule has 1 aromatic carbocycles. The standard InChI is InChI=1S/C15H18BrNS/c1-3-8-17-11(2)12-4-6-13(7-5-12)14-9-18-10-15(14)16/h4-7,9-11,17H,3,8H2,1-2H3. The highest BCUT2D eigenvalue weighted by Crippen LogP contribution is 2.32. The molecule has 0 fully saturated rings. The molecular formula is C15H18BrNS. The molecule has 1 atom stereocenters. The van der Waals surface area contributed by atoms with E-state index < -0.39 is 0 Å². The van der Waals surface area contributed by atoms with Gasteiger partial charge in [0.1, 0.15) is 0 Å². The van der Waals surface area contributed by atoms with Gasteiger partial charge in [-0.15, -0.1) is 0 Å². The molecule has 2 rings (SSSR count). The van der Waals surface area contributed by atoms with Crippen LogP contribution in [0, 0.1) is 0 Å². The van der Waals surface area contributed by atoms with E-state index in [4.69, 9.17) is 0 Å². The van der Waals surface area contributed by atoms with Gasteiger partial charge in [-0.1, -0.05) is 31.2 Å². The second kappa shape index (κ2) is 6.50. The van der Waals surface area contributed by atoms with Crippen molar-refractivity contribution in [2.75, 3.05) is 6.54 Å². The molecule has 1 N–H and O–H groups in total. The summed E-state index contributed by atoms with van der Waals surface area (Å²) in [5.74, 6) is 0. The first-order valence-corrected chi connectivity index (χ1v) is 8.01. The third-order valence-corrected chi connectivity index (χ3v) is 4.74. The molecule has 18 heavy (non-hydrogen) atoms. The number of rotatable bonds is 5. The third kappa shape index (κ3) is 3.22. The Bertz CT molecular complexity index is 489. The highest BCUT2D eigenvalue weighted by atomic mass is 79.9. The lowest BCUT2D eigenvalue weighted by Crippen LogP contribution is -2.19. The summed E-state index contributed by atoms with van der Waals surface area (Å²) in [6, 6.07) is 9.25. The van der Waals surface area contributed by atoms with Crippen molar-refractivity contribution in [3.8, 4) is 11.1 Å². The van der Waals surface area contributed by atoms with Crippen LogP contribution in [0.3, 0.4) is 0 Å². The van der Waals surface area contributed by atoms with Crippen LogP contribution in [0.5, 0.6) is 0 Å². The normalized spacial score (nSPS) is 12.6. The molecule has 0 bridgehead atoms. The molecule has 2 aromatic rings. The highest BCUT2D eigenvalue weighted by molar-refractivity contribution is 9.10. The molecular weight excluding hydrogens is 306 g/mol. The van der Waals surface area contributed by atoms with Crippen LogP contribution in [-0.2, 0) is 0 Å². The average molecular weight is 324 g/mol. The summed E-state index contributed by atoms with van der Waals surface area (Å²) >= 11 is 5.31. The molecule has 0 aliphatic carbocycles. The zero-order chi connectivity index (χ0) is 13.0. The Labute approximate surface area is 121 Å². The van der Waals surface area contributed by atoms with Gasteiger partial charge in [-0.25, -0.2) is 0 Å². The van der Waals surface area contributed by atoms with Crippen molar-refractivity contribution >= 4 is 27.3 Å². The van der Waals surface area contributed by atoms with E-state index in [1.807, 2.05) is 0 Å². The maximum Gasteiger partial charge on any atom is 0.0360 e. The second-order valence-corrected chi connectivity index (χ2v) is 6.03. The Morgan fingerprint density at radius 2 is 1.94 bits per heavy atom. The molecule has 0 aliphatic rings. The summed E-state index contributed by atoms with van der Waals surface area (Å²) < 4.78 is 1.18. The number of benzene rings is 1. The maximum atomic E-state index is 3.58. The van der Waals surface area contributed by atoms with E-state index in [1.165, 1.54) is 27.6 Å². The van der Waals surface area contributed by atoms with Crippen LogP contribution < -0.4 is 5.32 Å². The van der Waals surface area contributed by atoms with Crippen LogP contribution >= 0.6 is 27.3 Å². The van der Waals surface area contributed by atoms with E-state index >= 15 is 0 Å². The monoisotopic (exact) mass is 323 g/mol. The predicted molar refractivity (Wildman–Crippen MR) is 84.2 cm³/mol. The van der Waals surface area contributed by atoms with Crippen molar-refractivity contribution in [3.63, 3.8) is 0 Å². The van der Waals surface area contributed by atoms with Crippen LogP contribution in [0.25, 0.3) is 11.1 Å². The van der Waals surface area contributed by atoms with Gasteiger partial charge in [0.2, 0.25) is 0 Å². The molecule has 1 aromatic heterocycles. The van der Waals surface area contributed by atoms with Gasteiger partial charge >= 0.3 is 0 Å². The van der Waals surface area contributed by atoms with Gasteiger partial charge in [-0.05, 0) is 52.3 Å². The van der Waals surface area contributed by atoms with E-state index in [2.05, 4.69) is 70.1 Å². The van der Waals surface area contributed by atoms with Gasteiger partial charge < -0.3 is 5.32 Å². The lowest BCUT2D eigenvalue weighted by molar-refractivity contribution is 0.571. The van der Waals surface area contributed by atoms with Crippen molar-refractivity contribution in [3.05, 3.63) is 45.1 Å². The summed E-state index contributed by atoms with van der Waals surface area (Å²) in [6.07, 6.45) is 1.17. The molecule has 0 radical (unpaired) electrons. The molecule has 0 saturated carbocycles. The molecule has 0 spiro atoms. The first-order chi connectivity index (χ1) is 8.72. The number of nitrogens with one attached hydrogen (secondary N) is 1. The minimum absolute atomic E-state index is 0.421. The predicted octanol–water partition coefficient (Wildman–Crippen LogP) is 5.24. The third-order valence-electron chi connectivity index (χ3n) is 3.04. The Hall–Kier alpha value is -0.640. The largest absolute Gasteiger partial charge is 0.310 e.